The summed E-state index contributed by atoms with van der Waals surface area (Å²) in [6, 6.07) is 8.55. The Labute approximate surface area is 216 Å². The Morgan fingerprint density at radius 3 is 2.36 bits per heavy atom. The van der Waals surface area contributed by atoms with Crippen molar-refractivity contribution in [1.29, 1.82) is 0 Å². The molecule has 1 aromatic heterocycles. The van der Waals surface area contributed by atoms with Crippen LogP contribution in [-0.4, -0.2) is 73.8 Å². The normalized spacial score (nSPS) is 25.2. The molecule has 7 rings (SSSR count). The summed E-state index contributed by atoms with van der Waals surface area (Å²) in [7, 11) is 3.86. The minimum Gasteiger partial charge on any atom is -0.467 e. The number of nitrogens with zero attached hydrogens (tertiary/aromatic N) is 5. The quantitative estimate of drug-likeness (QED) is 0.706. The molecule has 2 bridgehead atoms. The maximum atomic E-state index is 5.53. The highest BCUT2D eigenvalue weighted by molar-refractivity contribution is 5.61. The van der Waals surface area contributed by atoms with Gasteiger partial charge in [-0.25, -0.2) is 0 Å². The Hall–Kier alpha value is -2.38. The Bertz CT molecular complexity index is 1060. The third kappa shape index (κ3) is 4.92. The van der Waals surface area contributed by atoms with Gasteiger partial charge >= 0.3 is 6.01 Å². The molecule has 5 aliphatic rings. The first-order valence-corrected chi connectivity index (χ1v) is 14.2. The first-order chi connectivity index (χ1) is 17.7. The first-order valence-electron chi connectivity index (χ1n) is 14.2. The fourth-order valence-electron chi connectivity index (χ4n) is 6.85. The van der Waals surface area contributed by atoms with Crippen molar-refractivity contribution in [3.8, 4) is 6.01 Å². The van der Waals surface area contributed by atoms with E-state index in [1.807, 2.05) is 0 Å². The lowest BCUT2D eigenvalue weighted by Crippen LogP contribution is -2.52. The summed E-state index contributed by atoms with van der Waals surface area (Å²) < 4.78 is 5.53. The van der Waals surface area contributed by atoms with Crippen molar-refractivity contribution in [3.63, 3.8) is 0 Å². The van der Waals surface area contributed by atoms with Crippen LogP contribution in [0.15, 0.2) is 18.2 Å². The monoisotopic (exact) mass is 490 g/mol. The van der Waals surface area contributed by atoms with Gasteiger partial charge in [-0.1, -0.05) is 12.1 Å². The number of rotatable bonds is 3. The van der Waals surface area contributed by atoms with Crippen molar-refractivity contribution >= 4 is 11.5 Å². The Kier molecular flexibility index (Phi) is 7.02. The molecule has 1 N–H and O–H groups in total. The number of fused-ring (bicyclic) bond motifs is 4. The van der Waals surface area contributed by atoms with Gasteiger partial charge in [-0.05, 0) is 95.1 Å². The summed E-state index contributed by atoms with van der Waals surface area (Å²) in [6.07, 6.45) is 11.4. The Morgan fingerprint density at radius 2 is 1.64 bits per heavy atom. The number of benzene rings is 1. The van der Waals surface area contributed by atoms with E-state index in [1.165, 1.54) is 75.7 Å². The van der Waals surface area contributed by atoms with Gasteiger partial charge in [0, 0.05) is 43.0 Å². The number of hydrogen-bond acceptors (Lipinski definition) is 7. The lowest BCUT2D eigenvalue weighted by atomic mass is 9.89. The van der Waals surface area contributed by atoms with Crippen LogP contribution in [-0.2, 0) is 25.8 Å². The van der Waals surface area contributed by atoms with Crippen LogP contribution in [0.1, 0.15) is 60.9 Å². The van der Waals surface area contributed by atoms with E-state index in [-0.39, 0.29) is 0 Å². The summed E-state index contributed by atoms with van der Waals surface area (Å²) in [5.74, 6) is 1.12. The molecule has 36 heavy (non-hydrogen) atoms. The second-order valence-corrected chi connectivity index (χ2v) is 11.3. The molecule has 0 spiro atoms. The van der Waals surface area contributed by atoms with Crippen LogP contribution >= 0.6 is 0 Å². The molecule has 1 aromatic carbocycles. The molecule has 3 saturated heterocycles. The number of aryl methyl sites for hydroxylation is 1. The average molecular weight is 491 g/mol. The fourth-order valence-corrected chi connectivity index (χ4v) is 6.85. The Morgan fingerprint density at radius 1 is 0.861 bits per heavy atom. The second-order valence-electron chi connectivity index (χ2n) is 11.3. The third-order valence-electron chi connectivity index (χ3n) is 8.76. The molecule has 0 amide bonds. The zero-order chi connectivity index (χ0) is 24.5. The van der Waals surface area contributed by atoms with Crippen LogP contribution < -0.4 is 19.9 Å². The van der Waals surface area contributed by atoms with Gasteiger partial charge < -0.3 is 24.8 Å². The smallest absolute Gasteiger partial charge is 0.318 e. The van der Waals surface area contributed by atoms with Crippen molar-refractivity contribution in [2.45, 2.75) is 76.4 Å². The highest BCUT2D eigenvalue weighted by Crippen LogP contribution is 2.36. The van der Waals surface area contributed by atoms with Gasteiger partial charge in [0.1, 0.15) is 5.82 Å². The predicted octanol–water partition coefficient (Wildman–Crippen LogP) is 3.58. The second kappa shape index (κ2) is 10.5. The van der Waals surface area contributed by atoms with Gasteiger partial charge in [0.2, 0.25) is 0 Å². The summed E-state index contributed by atoms with van der Waals surface area (Å²) in [6.45, 7) is 6.60. The number of nitrogens with one attached hydrogen (secondary N) is 1. The van der Waals surface area contributed by atoms with E-state index in [9.17, 15) is 0 Å². The Balaban J connectivity index is 0.000000353. The summed E-state index contributed by atoms with van der Waals surface area (Å²) in [5.41, 5.74) is 6.99. The number of aromatic nitrogens is 2. The van der Waals surface area contributed by atoms with Crippen molar-refractivity contribution < 1.29 is 4.74 Å². The van der Waals surface area contributed by atoms with Crippen LogP contribution in [0, 0.1) is 0 Å². The number of likely N-dealkylation sites (tertiary alicyclic amines) is 1. The molecule has 2 atom stereocenters. The summed E-state index contributed by atoms with van der Waals surface area (Å²) in [4.78, 5) is 17.0. The fraction of sp³-hybridized carbons (Fsp3) is 0.655. The van der Waals surface area contributed by atoms with E-state index >= 15 is 0 Å². The number of methoxy groups -OCH3 is 1. The molecule has 4 aliphatic heterocycles. The molecule has 2 unspecified atom stereocenters. The van der Waals surface area contributed by atoms with E-state index in [0.717, 1.165) is 44.1 Å². The molecule has 0 radical (unpaired) electrons. The summed E-state index contributed by atoms with van der Waals surface area (Å²) in [5, 5.41) is 3.73. The van der Waals surface area contributed by atoms with Crippen LogP contribution in [0.5, 0.6) is 6.01 Å². The molecular weight excluding hydrogens is 448 g/mol. The van der Waals surface area contributed by atoms with E-state index in [4.69, 9.17) is 14.7 Å². The van der Waals surface area contributed by atoms with Crippen molar-refractivity contribution in [2.75, 3.05) is 56.7 Å². The van der Waals surface area contributed by atoms with Crippen LogP contribution in [0.4, 0.5) is 11.5 Å². The standard InChI is InChI=1S/C24H31N5O.C5H11N/c1-30-24-26-21-15-28(22-8-4-6-16-5-2-3-7-19(16)22)12-11-20(21)23(27-24)29-13-17-9-10-18(14-29)25-17;1-6-4-2-3-5-6/h4,6,8,17-18,25H,2-3,5,7,9-15H2,1H3;2-5H2,1H3. The van der Waals surface area contributed by atoms with Gasteiger partial charge in [-0.15, -0.1) is 0 Å². The molecule has 0 saturated carbocycles. The highest BCUT2D eigenvalue weighted by Gasteiger charge is 2.35. The van der Waals surface area contributed by atoms with Crippen molar-refractivity contribution in [1.82, 2.24) is 20.2 Å². The van der Waals surface area contributed by atoms with E-state index in [1.54, 1.807) is 18.2 Å². The maximum Gasteiger partial charge on any atom is 0.318 e. The SMILES string of the molecule is CN1CCCC1.COc1nc2c(c(N3CC4CCC(C3)N4)n1)CCN(c1cccc3c1CCCC3)C2. The van der Waals surface area contributed by atoms with Crippen LogP contribution in [0.2, 0.25) is 0 Å². The molecule has 194 valence electrons. The number of piperazine rings is 1. The highest BCUT2D eigenvalue weighted by atomic mass is 16.5. The van der Waals surface area contributed by atoms with Crippen molar-refractivity contribution in [3.05, 3.63) is 40.6 Å². The average Bonchev–Trinajstić information content (AvgIpc) is 3.54. The minimum atomic E-state index is 0.506. The van der Waals surface area contributed by atoms with Crippen LogP contribution in [0.25, 0.3) is 0 Å². The molecule has 3 fully saturated rings. The summed E-state index contributed by atoms with van der Waals surface area (Å²) >= 11 is 0. The largest absolute Gasteiger partial charge is 0.467 e. The lowest BCUT2D eigenvalue weighted by molar-refractivity contribution is 0.374. The van der Waals surface area contributed by atoms with Crippen molar-refractivity contribution in [2.24, 2.45) is 0 Å². The number of anilines is 2. The molecule has 7 nitrogen and oxygen atoms in total. The maximum absolute atomic E-state index is 5.53. The first kappa shape index (κ1) is 24.0. The number of ether oxygens (including phenoxy) is 1. The number of hydrogen-bond donors (Lipinski definition) is 1. The van der Waals surface area contributed by atoms with Gasteiger partial charge in [-0.2, -0.15) is 9.97 Å². The zero-order valence-corrected chi connectivity index (χ0v) is 22.1. The van der Waals surface area contributed by atoms with E-state index < -0.39 is 0 Å². The van der Waals surface area contributed by atoms with Gasteiger partial charge in [-0.3, -0.25) is 0 Å². The molecule has 1 aliphatic carbocycles. The van der Waals surface area contributed by atoms with Gasteiger partial charge in [0.15, 0.2) is 0 Å². The molecule has 2 aromatic rings. The van der Waals surface area contributed by atoms with E-state index in [0.29, 0.717) is 18.1 Å². The van der Waals surface area contributed by atoms with E-state index in [2.05, 4.69) is 45.3 Å². The topological polar surface area (TPSA) is 56.8 Å². The third-order valence-corrected chi connectivity index (χ3v) is 8.76. The lowest BCUT2D eigenvalue weighted by Gasteiger charge is -2.38. The molecule has 7 heteroatoms. The minimum absolute atomic E-state index is 0.506. The van der Waals surface area contributed by atoms with Gasteiger partial charge in [0.05, 0.1) is 19.3 Å². The predicted molar refractivity (Wildman–Crippen MR) is 145 cm³/mol. The molecule has 5 heterocycles. The van der Waals surface area contributed by atoms with Gasteiger partial charge in [0.25, 0.3) is 0 Å². The zero-order valence-electron chi connectivity index (χ0n) is 22.1. The van der Waals surface area contributed by atoms with Crippen LogP contribution in [0.3, 0.4) is 0 Å². The molecular formula is C29H42N6O.